The summed E-state index contributed by atoms with van der Waals surface area (Å²) in [5.74, 6) is -0.722. The summed E-state index contributed by atoms with van der Waals surface area (Å²) in [7, 11) is 0. The number of esters is 1. The highest BCUT2D eigenvalue weighted by Crippen LogP contribution is 2.26. The van der Waals surface area contributed by atoms with E-state index in [9.17, 15) is 9.59 Å². The van der Waals surface area contributed by atoms with Gasteiger partial charge in [-0.3, -0.25) is 4.79 Å². The minimum atomic E-state index is -0.669. The molecule has 0 bridgehead atoms. The maximum atomic E-state index is 12.6. The van der Waals surface area contributed by atoms with Crippen LogP contribution in [0.15, 0.2) is 43.0 Å². The molecule has 0 saturated carbocycles. The Kier molecular flexibility index (Phi) is 5.74. The van der Waals surface area contributed by atoms with E-state index in [2.05, 4.69) is 11.9 Å². The molecule has 1 unspecified atom stereocenters. The highest BCUT2D eigenvalue weighted by Gasteiger charge is 2.28. The Labute approximate surface area is 137 Å². The second-order valence-corrected chi connectivity index (χ2v) is 5.93. The highest BCUT2D eigenvalue weighted by molar-refractivity contribution is 6.20. The van der Waals surface area contributed by atoms with E-state index in [1.165, 1.54) is 6.08 Å². The molecule has 0 radical (unpaired) electrons. The van der Waals surface area contributed by atoms with Gasteiger partial charge >= 0.3 is 5.97 Å². The van der Waals surface area contributed by atoms with E-state index in [4.69, 9.17) is 4.74 Å². The standard InChI is InChI=1S/C19H23NO3/c1-4-12-23-19(22)17(13(2)3)20-18(21)16-11-7-9-14-8-5-6-10-15(14)16/h4-6,8,10-11,13,17H,1,7,9,12H2,2-3H3,(H,20,21). The number of aryl methyl sites for hydroxylation is 1. The summed E-state index contributed by atoms with van der Waals surface area (Å²) in [6, 6.07) is 7.21. The SMILES string of the molecule is C=CCOC(=O)C(NC(=O)C1=CCCc2ccccc21)C(C)C. The topological polar surface area (TPSA) is 55.4 Å². The lowest BCUT2D eigenvalue weighted by atomic mass is 9.90. The van der Waals surface area contributed by atoms with Crippen LogP contribution in [0.5, 0.6) is 0 Å². The molecule has 23 heavy (non-hydrogen) atoms. The van der Waals surface area contributed by atoms with E-state index in [1.807, 2.05) is 44.2 Å². The maximum Gasteiger partial charge on any atom is 0.329 e. The molecule has 0 saturated heterocycles. The van der Waals surface area contributed by atoms with E-state index in [-0.39, 0.29) is 18.4 Å². The van der Waals surface area contributed by atoms with E-state index >= 15 is 0 Å². The molecule has 4 heteroatoms. The Hall–Kier alpha value is -2.36. The molecule has 1 aromatic rings. The van der Waals surface area contributed by atoms with Gasteiger partial charge in [-0.1, -0.05) is 56.8 Å². The molecular formula is C19H23NO3. The van der Waals surface area contributed by atoms with Crippen LogP contribution in [0.3, 0.4) is 0 Å². The summed E-state index contributed by atoms with van der Waals surface area (Å²) < 4.78 is 5.08. The van der Waals surface area contributed by atoms with Gasteiger partial charge in [0.25, 0.3) is 5.91 Å². The normalized spacial score (nSPS) is 14.5. The van der Waals surface area contributed by atoms with E-state index in [1.54, 1.807) is 0 Å². The molecule has 4 nitrogen and oxygen atoms in total. The molecule has 0 aromatic heterocycles. The molecule has 122 valence electrons. The first-order valence-corrected chi connectivity index (χ1v) is 7.91. The number of carbonyl (C=O) groups excluding carboxylic acids is 2. The lowest BCUT2D eigenvalue weighted by Crippen LogP contribution is -2.45. The van der Waals surface area contributed by atoms with Gasteiger partial charge in [-0.25, -0.2) is 4.79 Å². The quantitative estimate of drug-likeness (QED) is 0.649. The van der Waals surface area contributed by atoms with Crippen molar-refractivity contribution in [3.05, 3.63) is 54.1 Å². The van der Waals surface area contributed by atoms with Crippen molar-refractivity contribution in [1.29, 1.82) is 0 Å². The van der Waals surface area contributed by atoms with Gasteiger partial charge in [0.2, 0.25) is 0 Å². The van der Waals surface area contributed by atoms with E-state index in [0.29, 0.717) is 5.57 Å². The third-order valence-electron chi connectivity index (χ3n) is 3.86. The molecule has 1 atom stereocenters. The van der Waals surface area contributed by atoms with E-state index < -0.39 is 12.0 Å². The first-order chi connectivity index (χ1) is 11.0. The molecule has 0 heterocycles. The number of hydrogen-bond donors (Lipinski definition) is 1. The summed E-state index contributed by atoms with van der Waals surface area (Å²) in [5.41, 5.74) is 2.74. The van der Waals surface area contributed by atoms with E-state index in [0.717, 1.165) is 24.0 Å². The van der Waals surface area contributed by atoms with Crippen LogP contribution < -0.4 is 5.32 Å². The molecule has 1 aliphatic rings. The second kappa shape index (κ2) is 7.77. The Morgan fingerprint density at radius 1 is 1.35 bits per heavy atom. The van der Waals surface area contributed by atoms with Gasteiger partial charge in [-0.05, 0) is 29.9 Å². The fourth-order valence-electron chi connectivity index (χ4n) is 2.65. The number of allylic oxidation sites excluding steroid dienone is 1. The van der Waals surface area contributed by atoms with Gasteiger partial charge < -0.3 is 10.1 Å². The molecular weight excluding hydrogens is 290 g/mol. The average Bonchev–Trinajstić information content (AvgIpc) is 2.56. The van der Waals surface area contributed by atoms with Crippen LogP contribution in [0, 0.1) is 5.92 Å². The summed E-state index contributed by atoms with van der Waals surface area (Å²) in [4.78, 5) is 24.7. The Bertz CT molecular complexity index is 631. The number of carbonyl (C=O) groups is 2. The van der Waals surface area contributed by atoms with Crippen molar-refractivity contribution in [1.82, 2.24) is 5.32 Å². The largest absolute Gasteiger partial charge is 0.460 e. The lowest BCUT2D eigenvalue weighted by Gasteiger charge is -2.23. The first kappa shape index (κ1) is 17.0. The van der Waals surface area contributed by atoms with Crippen molar-refractivity contribution < 1.29 is 14.3 Å². The van der Waals surface area contributed by atoms with Crippen LogP contribution >= 0.6 is 0 Å². The first-order valence-electron chi connectivity index (χ1n) is 7.91. The predicted molar refractivity (Wildman–Crippen MR) is 90.7 cm³/mol. The average molecular weight is 313 g/mol. The predicted octanol–water partition coefficient (Wildman–Crippen LogP) is 2.89. The molecule has 0 spiro atoms. The summed E-state index contributed by atoms with van der Waals surface area (Å²) >= 11 is 0. The molecule has 0 fully saturated rings. The number of nitrogens with one attached hydrogen (secondary N) is 1. The monoisotopic (exact) mass is 313 g/mol. The van der Waals surface area contributed by atoms with Crippen LogP contribution in [0.25, 0.3) is 5.57 Å². The van der Waals surface area contributed by atoms with Crippen molar-refractivity contribution in [2.75, 3.05) is 6.61 Å². The van der Waals surface area contributed by atoms with Gasteiger partial charge in [-0.2, -0.15) is 0 Å². The summed E-state index contributed by atoms with van der Waals surface area (Å²) in [6.45, 7) is 7.42. The molecule has 1 N–H and O–H groups in total. The van der Waals surface area contributed by atoms with Crippen molar-refractivity contribution >= 4 is 17.4 Å². The van der Waals surface area contributed by atoms with Crippen molar-refractivity contribution in [3.63, 3.8) is 0 Å². The Morgan fingerprint density at radius 2 is 2.09 bits per heavy atom. The fraction of sp³-hybridized carbons (Fsp3) is 0.368. The number of hydrogen-bond acceptors (Lipinski definition) is 3. The Balaban J connectivity index is 2.15. The number of ether oxygens (including phenoxy) is 1. The third-order valence-corrected chi connectivity index (χ3v) is 3.86. The Morgan fingerprint density at radius 3 is 2.78 bits per heavy atom. The molecule has 1 amide bonds. The zero-order chi connectivity index (χ0) is 16.8. The molecule has 2 rings (SSSR count). The van der Waals surface area contributed by atoms with Crippen LogP contribution in [-0.2, 0) is 20.7 Å². The van der Waals surface area contributed by atoms with Crippen molar-refractivity contribution in [2.24, 2.45) is 5.92 Å². The maximum absolute atomic E-state index is 12.6. The van der Waals surface area contributed by atoms with Crippen LogP contribution in [0.4, 0.5) is 0 Å². The third kappa shape index (κ3) is 4.09. The molecule has 1 aromatic carbocycles. The van der Waals surface area contributed by atoms with Crippen LogP contribution in [-0.4, -0.2) is 24.5 Å². The smallest absolute Gasteiger partial charge is 0.329 e. The van der Waals surface area contributed by atoms with Gasteiger partial charge in [0.1, 0.15) is 12.6 Å². The zero-order valence-corrected chi connectivity index (χ0v) is 13.7. The minimum absolute atomic E-state index is 0.0595. The van der Waals surface area contributed by atoms with Crippen LogP contribution in [0.1, 0.15) is 31.4 Å². The zero-order valence-electron chi connectivity index (χ0n) is 13.7. The molecule has 1 aliphatic carbocycles. The second-order valence-electron chi connectivity index (χ2n) is 5.93. The lowest BCUT2D eigenvalue weighted by molar-refractivity contribution is -0.147. The number of fused-ring (bicyclic) bond motifs is 1. The fourth-order valence-corrected chi connectivity index (χ4v) is 2.65. The van der Waals surface area contributed by atoms with Gasteiger partial charge in [-0.15, -0.1) is 0 Å². The van der Waals surface area contributed by atoms with Gasteiger partial charge in [0.15, 0.2) is 0 Å². The van der Waals surface area contributed by atoms with Crippen molar-refractivity contribution in [3.8, 4) is 0 Å². The summed E-state index contributed by atoms with van der Waals surface area (Å²) in [5, 5.41) is 2.82. The highest BCUT2D eigenvalue weighted by atomic mass is 16.5. The number of rotatable bonds is 6. The summed E-state index contributed by atoms with van der Waals surface area (Å²) in [6.07, 6.45) is 5.20. The molecule has 0 aliphatic heterocycles. The van der Waals surface area contributed by atoms with Crippen LogP contribution in [0.2, 0.25) is 0 Å². The van der Waals surface area contributed by atoms with Gasteiger partial charge in [0, 0.05) is 5.57 Å². The minimum Gasteiger partial charge on any atom is -0.460 e. The van der Waals surface area contributed by atoms with Crippen molar-refractivity contribution in [2.45, 2.75) is 32.7 Å². The number of benzene rings is 1. The number of amides is 1. The van der Waals surface area contributed by atoms with Gasteiger partial charge in [0.05, 0.1) is 0 Å².